The van der Waals surface area contributed by atoms with Crippen LogP contribution in [0.4, 0.5) is 4.79 Å². The van der Waals surface area contributed by atoms with Crippen LogP contribution >= 0.6 is 11.3 Å². The van der Waals surface area contributed by atoms with Crippen molar-refractivity contribution in [2.45, 2.75) is 51.6 Å². The summed E-state index contributed by atoms with van der Waals surface area (Å²) in [5.74, 6) is -0.558. The molecule has 9 heteroatoms. The fraction of sp³-hybridized carbons (Fsp3) is 0.455. The Morgan fingerprint density at radius 2 is 1.81 bits per heavy atom. The van der Waals surface area contributed by atoms with E-state index >= 15 is 0 Å². The van der Waals surface area contributed by atoms with Gasteiger partial charge in [-0.25, -0.2) is 9.78 Å². The van der Waals surface area contributed by atoms with Gasteiger partial charge in [-0.2, -0.15) is 0 Å². The number of hydrazine groups is 1. The number of carbonyl (C=O) groups excluding carboxylic acids is 3. The summed E-state index contributed by atoms with van der Waals surface area (Å²) in [7, 11) is 0. The second-order valence-electron chi connectivity index (χ2n) is 8.48. The summed E-state index contributed by atoms with van der Waals surface area (Å²) in [5.41, 5.74) is 5.46. The van der Waals surface area contributed by atoms with E-state index in [0.717, 1.165) is 23.4 Å². The molecular formula is C22H28N4O4S. The van der Waals surface area contributed by atoms with Gasteiger partial charge in [-0.05, 0) is 39.2 Å². The zero-order chi connectivity index (χ0) is 22.4. The van der Waals surface area contributed by atoms with Crippen LogP contribution in [0.3, 0.4) is 0 Å². The van der Waals surface area contributed by atoms with Gasteiger partial charge >= 0.3 is 6.09 Å². The van der Waals surface area contributed by atoms with Crippen molar-refractivity contribution in [3.63, 3.8) is 0 Å². The SMILES string of the molecule is CC(C)(C)OC(=O)N1CCC(c2nc(C(=O)NNC(=O)Cc3ccccc3)cs2)CC1. The van der Waals surface area contributed by atoms with Gasteiger partial charge in [0, 0.05) is 24.4 Å². The lowest BCUT2D eigenvalue weighted by Crippen LogP contribution is -2.42. The van der Waals surface area contributed by atoms with Crippen LogP contribution in [0.1, 0.15) is 60.6 Å². The summed E-state index contributed by atoms with van der Waals surface area (Å²) >= 11 is 1.42. The van der Waals surface area contributed by atoms with Crippen LogP contribution < -0.4 is 10.9 Å². The molecule has 1 fully saturated rings. The number of ether oxygens (including phenoxy) is 1. The third-order valence-electron chi connectivity index (χ3n) is 4.77. The van der Waals surface area contributed by atoms with E-state index in [2.05, 4.69) is 15.8 Å². The molecule has 2 N–H and O–H groups in total. The number of piperidine rings is 1. The van der Waals surface area contributed by atoms with Crippen molar-refractivity contribution in [3.05, 3.63) is 52.0 Å². The number of benzene rings is 1. The molecular weight excluding hydrogens is 416 g/mol. The van der Waals surface area contributed by atoms with E-state index in [0.29, 0.717) is 13.1 Å². The van der Waals surface area contributed by atoms with E-state index in [1.54, 1.807) is 10.3 Å². The maximum atomic E-state index is 12.3. The molecule has 3 rings (SSSR count). The van der Waals surface area contributed by atoms with Gasteiger partial charge in [-0.3, -0.25) is 20.4 Å². The van der Waals surface area contributed by atoms with E-state index < -0.39 is 11.5 Å². The molecule has 0 unspecified atom stereocenters. The minimum atomic E-state index is -0.512. The summed E-state index contributed by atoms with van der Waals surface area (Å²) in [6.07, 6.45) is 1.42. The number of rotatable bonds is 4. The Morgan fingerprint density at radius 3 is 2.45 bits per heavy atom. The van der Waals surface area contributed by atoms with Crippen LogP contribution in [-0.2, 0) is 16.0 Å². The van der Waals surface area contributed by atoms with Gasteiger partial charge in [0.2, 0.25) is 5.91 Å². The van der Waals surface area contributed by atoms with Crippen LogP contribution in [0.25, 0.3) is 0 Å². The van der Waals surface area contributed by atoms with Crippen molar-refractivity contribution < 1.29 is 19.1 Å². The Hall–Kier alpha value is -2.94. The number of hydrogen-bond donors (Lipinski definition) is 2. The van der Waals surface area contributed by atoms with E-state index in [4.69, 9.17) is 4.74 Å². The van der Waals surface area contributed by atoms with Crippen molar-refractivity contribution in [2.24, 2.45) is 0 Å². The van der Waals surface area contributed by atoms with E-state index in [1.807, 2.05) is 51.1 Å². The molecule has 1 aromatic carbocycles. The fourth-order valence-corrected chi connectivity index (χ4v) is 4.20. The molecule has 2 heterocycles. The Bertz CT molecular complexity index is 915. The third-order valence-corrected chi connectivity index (χ3v) is 5.78. The topological polar surface area (TPSA) is 101 Å². The summed E-state index contributed by atoms with van der Waals surface area (Å²) in [6, 6.07) is 9.29. The molecule has 0 radical (unpaired) electrons. The van der Waals surface area contributed by atoms with Crippen molar-refractivity contribution in [3.8, 4) is 0 Å². The summed E-state index contributed by atoms with van der Waals surface area (Å²) in [4.78, 5) is 42.7. The first kappa shape index (κ1) is 22.7. The number of amides is 3. The molecule has 0 atom stereocenters. The quantitative estimate of drug-likeness (QED) is 0.705. The summed E-state index contributed by atoms with van der Waals surface area (Å²) in [5, 5.41) is 2.55. The average molecular weight is 445 g/mol. The molecule has 0 aliphatic carbocycles. The van der Waals surface area contributed by atoms with Crippen LogP contribution in [-0.4, -0.2) is 46.5 Å². The predicted octanol–water partition coefficient (Wildman–Crippen LogP) is 3.26. The van der Waals surface area contributed by atoms with Crippen LogP contribution in [0.2, 0.25) is 0 Å². The lowest BCUT2D eigenvalue weighted by atomic mass is 9.98. The van der Waals surface area contributed by atoms with Crippen molar-refractivity contribution in [1.29, 1.82) is 0 Å². The normalized spacial score (nSPS) is 14.7. The van der Waals surface area contributed by atoms with Gasteiger partial charge in [0.05, 0.1) is 11.4 Å². The van der Waals surface area contributed by atoms with Gasteiger partial charge in [0.25, 0.3) is 5.91 Å². The highest BCUT2D eigenvalue weighted by molar-refractivity contribution is 7.09. The standard InChI is InChI=1S/C22H28N4O4S/c1-22(2,3)30-21(29)26-11-9-16(10-12-26)20-23-17(14-31-20)19(28)25-24-18(27)13-15-7-5-4-6-8-15/h4-8,14,16H,9-13H2,1-3H3,(H,24,27)(H,25,28). The first-order chi connectivity index (χ1) is 14.7. The molecule has 0 saturated carbocycles. The molecule has 166 valence electrons. The van der Waals surface area contributed by atoms with Crippen molar-refractivity contribution >= 4 is 29.2 Å². The number of hydrogen-bond acceptors (Lipinski definition) is 6. The zero-order valence-corrected chi connectivity index (χ0v) is 18.8. The molecule has 2 aromatic rings. The molecule has 8 nitrogen and oxygen atoms in total. The molecule has 1 aliphatic rings. The maximum Gasteiger partial charge on any atom is 0.410 e. The highest BCUT2D eigenvalue weighted by Crippen LogP contribution is 2.30. The first-order valence-electron chi connectivity index (χ1n) is 10.3. The predicted molar refractivity (Wildman–Crippen MR) is 118 cm³/mol. The molecule has 31 heavy (non-hydrogen) atoms. The molecule has 3 amide bonds. The lowest BCUT2D eigenvalue weighted by molar-refractivity contribution is -0.121. The number of likely N-dealkylation sites (tertiary alicyclic amines) is 1. The highest BCUT2D eigenvalue weighted by Gasteiger charge is 2.29. The Balaban J connectivity index is 1.46. The molecule has 0 spiro atoms. The largest absolute Gasteiger partial charge is 0.444 e. The Labute approximate surface area is 186 Å². The fourth-order valence-electron chi connectivity index (χ4n) is 3.23. The lowest BCUT2D eigenvalue weighted by Gasteiger charge is -2.32. The van der Waals surface area contributed by atoms with Gasteiger partial charge in [-0.1, -0.05) is 30.3 Å². The van der Waals surface area contributed by atoms with Gasteiger partial charge < -0.3 is 9.64 Å². The molecule has 1 saturated heterocycles. The van der Waals surface area contributed by atoms with Gasteiger partial charge in [0.15, 0.2) is 0 Å². The van der Waals surface area contributed by atoms with Crippen LogP contribution in [0.5, 0.6) is 0 Å². The van der Waals surface area contributed by atoms with Gasteiger partial charge in [-0.15, -0.1) is 11.3 Å². The molecule has 0 bridgehead atoms. The molecule has 1 aliphatic heterocycles. The average Bonchev–Trinajstić information content (AvgIpc) is 3.22. The second-order valence-corrected chi connectivity index (χ2v) is 9.37. The third kappa shape index (κ3) is 6.78. The maximum absolute atomic E-state index is 12.3. The number of aromatic nitrogens is 1. The Kier molecular flexibility index (Phi) is 7.27. The van der Waals surface area contributed by atoms with E-state index in [9.17, 15) is 14.4 Å². The number of nitrogens with zero attached hydrogens (tertiary/aromatic N) is 2. The Morgan fingerprint density at radius 1 is 1.13 bits per heavy atom. The summed E-state index contributed by atoms with van der Waals surface area (Å²) < 4.78 is 5.42. The van der Waals surface area contributed by atoms with E-state index in [1.165, 1.54) is 11.3 Å². The minimum Gasteiger partial charge on any atom is -0.444 e. The highest BCUT2D eigenvalue weighted by atomic mass is 32.1. The zero-order valence-electron chi connectivity index (χ0n) is 18.0. The number of thiazole rings is 1. The van der Waals surface area contributed by atoms with Crippen LogP contribution in [0.15, 0.2) is 35.7 Å². The minimum absolute atomic E-state index is 0.180. The molecule has 1 aromatic heterocycles. The number of nitrogens with one attached hydrogen (secondary N) is 2. The van der Waals surface area contributed by atoms with Crippen molar-refractivity contribution in [1.82, 2.24) is 20.7 Å². The van der Waals surface area contributed by atoms with Crippen molar-refractivity contribution in [2.75, 3.05) is 13.1 Å². The summed E-state index contributed by atoms with van der Waals surface area (Å²) in [6.45, 7) is 6.74. The monoisotopic (exact) mass is 444 g/mol. The first-order valence-corrected chi connectivity index (χ1v) is 11.2. The van der Waals surface area contributed by atoms with E-state index in [-0.39, 0.29) is 30.0 Å². The smallest absolute Gasteiger partial charge is 0.410 e. The van der Waals surface area contributed by atoms with Crippen LogP contribution in [0, 0.1) is 0 Å². The number of carbonyl (C=O) groups is 3. The second kappa shape index (κ2) is 9.91. The van der Waals surface area contributed by atoms with Gasteiger partial charge in [0.1, 0.15) is 11.3 Å².